The molecule has 2 aromatic rings. The Bertz CT molecular complexity index is 926. The van der Waals surface area contributed by atoms with Crippen molar-refractivity contribution < 1.29 is 9.53 Å². The van der Waals surface area contributed by atoms with E-state index in [1.807, 2.05) is 31.2 Å². The standard InChI is InChI=1S/C21H24ClN3O2/c1-8-16-17(22)19(25(7)24-16)20(27-13(2)26)18(23-6)14-9-11-15(12-10-14)21(3,4)5/h9-12H,8H2,1-5,7H3/b20-18+. The molecule has 0 amide bonds. The molecule has 0 radical (unpaired) electrons. The number of ether oxygens (including phenoxy) is 1. The molecule has 0 saturated heterocycles. The van der Waals surface area contributed by atoms with E-state index in [2.05, 4.69) is 30.7 Å². The first kappa shape index (κ1) is 20.7. The SMILES string of the molecule is [C-]#[N+]/C(=C(/OC(C)=O)c1c(Cl)c(CC)nn1C)c1ccc(C(C)(C)C)cc1. The van der Waals surface area contributed by atoms with Crippen LogP contribution in [-0.4, -0.2) is 15.7 Å². The van der Waals surface area contributed by atoms with Crippen LogP contribution in [0.25, 0.3) is 16.3 Å². The fourth-order valence-electron chi connectivity index (χ4n) is 2.75. The molecule has 0 aliphatic rings. The number of aryl methyl sites for hydroxylation is 2. The van der Waals surface area contributed by atoms with E-state index in [-0.39, 0.29) is 16.9 Å². The van der Waals surface area contributed by atoms with E-state index in [4.69, 9.17) is 22.9 Å². The maximum absolute atomic E-state index is 11.7. The number of hydrogen-bond acceptors (Lipinski definition) is 3. The Labute approximate surface area is 165 Å². The van der Waals surface area contributed by atoms with Gasteiger partial charge in [-0.2, -0.15) is 5.10 Å². The zero-order valence-corrected chi connectivity index (χ0v) is 17.3. The number of aromatic nitrogens is 2. The second kappa shape index (κ2) is 7.98. The Morgan fingerprint density at radius 1 is 1.30 bits per heavy atom. The molecular formula is C21H24ClN3O2. The average molecular weight is 386 g/mol. The van der Waals surface area contributed by atoms with Crippen molar-refractivity contribution in [2.45, 2.75) is 46.5 Å². The Morgan fingerprint density at radius 2 is 1.89 bits per heavy atom. The smallest absolute Gasteiger partial charge is 0.306 e. The lowest BCUT2D eigenvalue weighted by Gasteiger charge is -2.19. The summed E-state index contributed by atoms with van der Waals surface area (Å²) in [6, 6.07) is 7.69. The molecule has 0 saturated carbocycles. The van der Waals surface area contributed by atoms with Gasteiger partial charge >= 0.3 is 5.97 Å². The van der Waals surface area contributed by atoms with Crippen LogP contribution >= 0.6 is 11.6 Å². The number of hydrogen-bond donors (Lipinski definition) is 0. The third kappa shape index (κ3) is 4.40. The summed E-state index contributed by atoms with van der Waals surface area (Å²) in [7, 11) is 1.72. The van der Waals surface area contributed by atoms with Gasteiger partial charge in [0.2, 0.25) is 5.70 Å². The van der Waals surface area contributed by atoms with Crippen LogP contribution in [0.5, 0.6) is 0 Å². The second-order valence-electron chi connectivity index (χ2n) is 7.30. The van der Waals surface area contributed by atoms with Crippen molar-refractivity contribution in [2.75, 3.05) is 0 Å². The number of carbonyl (C=O) groups is 1. The van der Waals surface area contributed by atoms with Gasteiger partial charge in [0.15, 0.2) is 5.76 Å². The summed E-state index contributed by atoms with van der Waals surface area (Å²) in [5.74, 6) is -0.395. The second-order valence-corrected chi connectivity index (χ2v) is 7.67. The van der Waals surface area contributed by atoms with E-state index in [9.17, 15) is 4.79 Å². The molecule has 0 fully saturated rings. The van der Waals surface area contributed by atoms with Crippen molar-refractivity contribution in [2.24, 2.45) is 7.05 Å². The van der Waals surface area contributed by atoms with Crippen LogP contribution in [-0.2, 0) is 28.4 Å². The topological polar surface area (TPSA) is 48.5 Å². The number of esters is 1. The molecule has 0 aliphatic heterocycles. The van der Waals surface area contributed by atoms with E-state index < -0.39 is 5.97 Å². The predicted molar refractivity (Wildman–Crippen MR) is 108 cm³/mol. The van der Waals surface area contributed by atoms with Gasteiger partial charge in [-0.15, -0.1) is 0 Å². The minimum Gasteiger partial charge on any atom is -0.436 e. The third-order valence-corrected chi connectivity index (χ3v) is 4.60. The summed E-state index contributed by atoms with van der Waals surface area (Å²) in [6.45, 7) is 17.3. The first-order valence-electron chi connectivity index (χ1n) is 8.73. The maximum atomic E-state index is 11.7. The van der Waals surface area contributed by atoms with E-state index in [0.29, 0.717) is 28.4 Å². The average Bonchev–Trinajstić information content (AvgIpc) is 2.87. The minimum atomic E-state index is -0.521. The van der Waals surface area contributed by atoms with E-state index in [1.54, 1.807) is 11.7 Å². The molecular weight excluding hydrogens is 362 g/mol. The highest BCUT2D eigenvalue weighted by atomic mass is 35.5. The lowest BCUT2D eigenvalue weighted by Crippen LogP contribution is -2.10. The summed E-state index contributed by atoms with van der Waals surface area (Å²) < 4.78 is 6.99. The summed E-state index contributed by atoms with van der Waals surface area (Å²) in [5, 5.41) is 4.76. The van der Waals surface area contributed by atoms with Gasteiger partial charge in [-0.25, -0.2) is 4.85 Å². The monoisotopic (exact) mass is 385 g/mol. The quantitative estimate of drug-likeness (QED) is 0.410. The normalized spacial score (nSPS) is 12.4. The number of benzene rings is 1. The van der Waals surface area contributed by atoms with Crippen LogP contribution in [0.4, 0.5) is 0 Å². The van der Waals surface area contributed by atoms with Gasteiger partial charge < -0.3 is 4.74 Å². The molecule has 1 heterocycles. The molecule has 142 valence electrons. The third-order valence-electron chi connectivity index (χ3n) is 4.20. The molecule has 5 nitrogen and oxygen atoms in total. The molecule has 0 atom stereocenters. The van der Waals surface area contributed by atoms with Crippen molar-refractivity contribution in [3.05, 3.63) is 63.2 Å². The van der Waals surface area contributed by atoms with Gasteiger partial charge in [0.05, 0.1) is 17.3 Å². The molecule has 0 bridgehead atoms. The van der Waals surface area contributed by atoms with E-state index in [0.717, 1.165) is 5.56 Å². The highest BCUT2D eigenvalue weighted by Gasteiger charge is 2.24. The zero-order chi connectivity index (χ0) is 20.4. The van der Waals surface area contributed by atoms with Crippen molar-refractivity contribution >= 4 is 29.0 Å². The molecule has 6 heteroatoms. The van der Waals surface area contributed by atoms with Gasteiger partial charge in [0.1, 0.15) is 5.69 Å². The van der Waals surface area contributed by atoms with Crippen molar-refractivity contribution in [1.29, 1.82) is 0 Å². The number of rotatable bonds is 4. The largest absolute Gasteiger partial charge is 0.436 e. The van der Waals surface area contributed by atoms with Gasteiger partial charge in [-0.1, -0.05) is 63.6 Å². The van der Waals surface area contributed by atoms with Gasteiger partial charge in [-0.05, 0) is 23.0 Å². The molecule has 27 heavy (non-hydrogen) atoms. The van der Waals surface area contributed by atoms with Gasteiger partial charge in [0.25, 0.3) is 0 Å². The van der Waals surface area contributed by atoms with Crippen LogP contribution in [0.1, 0.15) is 57.1 Å². The summed E-state index contributed by atoms with van der Waals surface area (Å²) in [4.78, 5) is 15.4. The van der Waals surface area contributed by atoms with Crippen molar-refractivity contribution in [1.82, 2.24) is 9.78 Å². The summed E-state index contributed by atoms with van der Waals surface area (Å²) >= 11 is 6.47. The van der Waals surface area contributed by atoms with E-state index in [1.165, 1.54) is 6.92 Å². The number of halogens is 1. The highest BCUT2D eigenvalue weighted by molar-refractivity contribution is 6.33. The Balaban J connectivity index is 2.71. The first-order valence-corrected chi connectivity index (χ1v) is 9.10. The summed E-state index contributed by atoms with van der Waals surface area (Å²) in [6.07, 6.45) is 0.633. The van der Waals surface area contributed by atoms with Crippen LogP contribution in [0.3, 0.4) is 0 Å². The van der Waals surface area contributed by atoms with E-state index >= 15 is 0 Å². The molecule has 0 unspecified atom stereocenters. The fraction of sp³-hybridized carbons (Fsp3) is 0.381. The zero-order valence-electron chi connectivity index (χ0n) is 16.6. The molecule has 1 aromatic heterocycles. The Morgan fingerprint density at radius 3 is 2.30 bits per heavy atom. The fourth-order valence-corrected chi connectivity index (χ4v) is 3.13. The highest BCUT2D eigenvalue weighted by Crippen LogP contribution is 2.35. The molecule has 0 spiro atoms. The van der Waals surface area contributed by atoms with Gasteiger partial charge in [-0.3, -0.25) is 9.48 Å². The Hall–Kier alpha value is -2.58. The molecule has 0 aliphatic carbocycles. The molecule has 1 aromatic carbocycles. The maximum Gasteiger partial charge on any atom is 0.306 e. The number of carbonyl (C=O) groups excluding carboxylic acids is 1. The van der Waals surface area contributed by atoms with Crippen molar-refractivity contribution in [3.8, 4) is 0 Å². The number of nitrogens with zero attached hydrogens (tertiary/aromatic N) is 3. The van der Waals surface area contributed by atoms with Crippen LogP contribution in [0.15, 0.2) is 24.3 Å². The predicted octanol–water partition coefficient (Wildman–Crippen LogP) is 5.24. The molecule has 0 N–H and O–H groups in total. The van der Waals surface area contributed by atoms with Crippen LogP contribution in [0, 0.1) is 6.57 Å². The first-order chi connectivity index (χ1) is 12.6. The van der Waals surface area contributed by atoms with Crippen LogP contribution in [0.2, 0.25) is 5.02 Å². The van der Waals surface area contributed by atoms with Crippen LogP contribution < -0.4 is 0 Å². The lowest BCUT2D eigenvalue weighted by atomic mass is 9.86. The molecule has 2 rings (SSSR count). The Kier molecular flexibility index (Phi) is 6.12. The van der Waals surface area contributed by atoms with Crippen molar-refractivity contribution in [3.63, 3.8) is 0 Å². The minimum absolute atomic E-state index is 0.000598. The lowest BCUT2D eigenvalue weighted by molar-refractivity contribution is -0.134. The summed E-state index contributed by atoms with van der Waals surface area (Å²) in [5.41, 5.74) is 3.14. The van der Waals surface area contributed by atoms with Gasteiger partial charge in [0, 0.05) is 14.0 Å².